The lowest BCUT2D eigenvalue weighted by Gasteiger charge is -2.12. The van der Waals surface area contributed by atoms with Crippen LogP contribution >= 0.6 is 0 Å². The number of nitrogens with one attached hydrogen (secondary N) is 1. The number of carbonyl (C=O) groups is 2. The van der Waals surface area contributed by atoms with Gasteiger partial charge in [0, 0.05) is 0 Å². The van der Waals surface area contributed by atoms with Crippen molar-refractivity contribution in [2.75, 3.05) is 18.5 Å². The Morgan fingerprint density at radius 1 is 1.11 bits per heavy atom. The van der Waals surface area contributed by atoms with E-state index in [2.05, 4.69) is 10.1 Å². The number of rotatable bonds is 8. The Morgan fingerprint density at radius 3 is 2.52 bits per heavy atom. The summed E-state index contributed by atoms with van der Waals surface area (Å²) in [6.45, 7) is -1.93. The Labute approximate surface area is 152 Å². The molecule has 6 nitrogen and oxygen atoms in total. The van der Waals surface area contributed by atoms with E-state index in [0.29, 0.717) is 0 Å². The summed E-state index contributed by atoms with van der Waals surface area (Å²) in [6.07, 6.45) is 0. The van der Waals surface area contributed by atoms with Gasteiger partial charge in [0.15, 0.2) is 18.1 Å². The molecule has 9 heteroatoms. The zero-order valence-corrected chi connectivity index (χ0v) is 14.2. The van der Waals surface area contributed by atoms with E-state index in [1.165, 1.54) is 30.3 Å². The smallest absolute Gasteiger partial charge is 0.387 e. The summed E-state index contributed by atoms with van der Waals surface area (Å²) in [5, 5.41) is 2.26. The number of para-hydroxylation sites is 1. The first-order chi connectivity index (χ1) is 12.9. The normalized spacial score (nSPS) is 10.4. The second kappa shape index (κ2) is 9.46. The molecule has 0 radical (unpaired) electrons. The average Bonchev–Trinajstić information content (AvgIpc) is 2.63. The van der Waals surface area contributed by atoms with Crippen LogP contribution in [0.5, 0.6) is 11.5 Å². The van der Waals surface area contributed by atoms with E-state index in [0.717, 1.165) is 12.1 Å². The number of amides is 1. The molecular weight excluding hydrogens is 367 g/mol. The van der Waals surface area contributed by atoms with E-state index in [-0.39, 0.29) is 29.4 Å². The summed E-state index contributed by atoms with van der Waals surface area (Å²) in [5.74, 6) is -2.56. The maximum atomic E-state index is 13.5. The van der Waals surface area contributed by atoms with Gasteiger partial charge in [0.1, 0.15) is 5.82 Å². The Hall–Kier alpha value is -3.23. The van der Waals surface area contributed by atoms with Gasteiger partial charge in [-0.15, -0.1) is 0 Å². The van der Waals surface area contributed by atoms with Gasteiger partial charge >= 0.3 is 12.6 Å². The van der Waals surface area contributed by atoms with E-state index in [1.807, 2.05) is 0 Å². The van der Waals surface area contributed by atoms with Crippen LogP contribution in [0.2, 0.25) is 0 Å². The lowest BCUT2D eigenvalue weighted by atomic mass is 10.2. The Balaban J connectivity index is 1.99. The third-order valence-corrected chi connectivity index (χ3v) is 3.18. The van der Waals surface area contributed by atoms with Crippen molar-refractivity contribution in [2.45, 2.75) is 13.5 Å². The van der Waals surface area contributed by atoms with Crippen molar-refractivity contribution < 1.29 is 37.0 Å². The predicted molar refractivity (Wildman–Crippen MR) is 89.6 cm³/mol. The molecule has 144 valence electrons. The van der Waals surface area contributed by atoms with Crippen LogP contribution in [-0.2, 0) is 9.53 Å². The Bertz CT molecular complexity index is 813. The van der Waals surface area contributed by atoms with Gasteiger partial charge in [0.05, 0.1) is 17.9 Å². The van der Waals surface area contributed by atoms with Gasteiger partial charge in [0.25, 0.3) is 5.91 Å². The number of hydrogen-bond donors (Lipinski definition) is 1. The Morgan fingerprint density at radius 2 is 1.85 bits per heavy atom. The van der Waals surface area contributed by atoms with Gasteiger partial charge in [-0.25, -0.2) is 9.18 Å². The predicted octanol–water partition coefficient (Wildman–Crippen LogP) is 3.62. The minimum Gasteiger partial charge on any atom is -0.490 e. The molecule has 1 amide bonds. The fourth-order valence-electron chi connectivity index (χ4n) is 2.06. The highest BCUT2D eigenvalue weighted by Crippen LogP contribution is 2.30. The van der Waals surface area contributed by atoms with Gasteiger partial charge in [-0.3, -0.25) is 4.79 Å². The minimum atomic E-state index is -3.05. The molecule has 0 atom stereocenters. The molecule has 2 rings (SSSR count). The first kappa shape index (κ1) is 20.1. The largest absolute Gasteiger partial charge is 0.490 e. The number of halogens is 3. The van der Waals surface area contributed by atoms with Crippen molar-refractivity contribution in [3.8, 4) is 11.5 Å². The highest BCUT2D eigenvalue weighted by Gasteiger charge is 2.16. The number of hydrogen-bond acceptors (Lipinski definition) is 5. The van der Waals surface area contributed by atoms with Gasteiger partial charge in [0.2, 0.25) is 0 Å². The molecule has 0 aliphatic carbocycles. The van der Waals surface area contributed by atoms with Crippen LogP contribution in [0.4, 0.5) is 18.9 Å². The van der Waals surface area contributed by atoms with Crippen LogP contribution in [0, 0.1) is 5.82 Å². The third-order valence-electron chi connectivity index (χ3n) is 3.18. The van der Waals surface area contributed by atoms with Crippen molar-refractivity contribution in [1.82, 2.24) is 0 Å². The van der Waals surface area contributed by atoms with Crippen molar-refractivity contribution in [1.29, 1.82) is 0 Å². The number of alkyl halides is 2. The molecule has 0 aliphatic rings. The zero-order chi connectivity index (χ0) is 19.8. The second-order valence-corrected chi connectivity index (χ2v) is 5.08. The second-order valence-electron chi connectivity index (χ2n) is 5.08. The van der Waals surface area contributed by atoms with E-state index in [4.69, 9.17) is 9.47 Å². The Kier molecular flexibility index (Phi) is 7.04. The maximum absolute atomic E-state index is 13.5. The molecule has 0 bridgehead atoms. The molecule has 0 fully saturated rings. The number of anilines is 1. The molecule has 0 aromatic heterocycles. The van der Waals surface area contributed by atoms with Crippen molar-refractivity contribution >= 4 is 17.6 Å². The lowest BCUT2D eigenvalue weighted by molar-refractivity contribution is -0.119. The van der Waals surface area contributed by atoms with Crippen LogP contribution < -0.4 is 14.8 Å². The zero-order valence-electron chi connectivity index (χ0n) is 14.2. The number of benzene rings is 2. The van der Waals surface area contributed by atoms with Crippen LogP contribution in [0.1, 0.15) is 17.3 Å². The van der Waals surface area contributed by atoms with E-state index < -0.39 is 30.9 Å². The lowest BCUT2D eigenvalue weighted by Crippen LogP contribution is -2.21. The van der Waals surface area contributed by atoms with Gasteiger partial charge in [-0.1, -0.05) is 12.1 Å². The topological polar surface area (TPSA) is 73.9 Å². The van der Waals surface area contributed by atoms with E-state index in [9.17, 15) is 22.8 Å². The van der Waals surface area contributed by atoms with Gasteiger partial charge in [-0.05, 0) is 37.3 Å². The molecule has 0 saturated carbocycles. The average molecular weight is 383 g/mol. The van der Waals surface area contributed by atoms with Crippen molar-refractivity contribution in [3.05, 3.63) is 53.8 Å². The maximum Gasteiger partial charge on any atom is 0.387 e. The summed E-state index contributed by atoms with van der Waals surface area (Å²) >= 11 is 0. The van der Waals surface area contributed by atoms with Crippen LogP contribution in [0.25, 0.3) is 0 Å². The molecule has 0 heterocycles. The van der Waals surface area contributed by atoms with Crippen molar-refractivity contribution in [3.63, 3.8) is 0 Å². The number of esters is 1. The van der Waals surface area contributed by atoms with E-state index >= 15 is 0 Å². The fraction of sp³-hybridized carbons (Fsp3) is 0.222. The summed E-state index contributed by atoms with van der Waals surface area (Å²) in [4.78, 5) is 23.8. The van der Waals surface area contributed by atoms with Gasteiger partial charge < -0.3 is 19.5 Å². The number of ether oxygens (including phenoxy) is 3. The van der Waals surface area contributed by atoms with Crippen LogP contribution in [-0.4, -0.2) is 31.7 Å². The van der Waals surface area contributed by atoms with Crippen LogP contribution in [0.3, 0.4) is 0 Å². The minimum absolute atomic E-state index is 0.0289. The van der Waals surface area contributed by atoms with E-state index in [1.54, 1.807) is 6.92 Å². The molecule has 0 unspecified atom stereocenters. The highest BCUT2D eigenvalue weighted by molar-refractivity contribution is 5.95. The fourth-order valence-corrected chi connectivity index (χ4v) is 2.06. The molecule has 2 aromatic rings. The monoisotopic (exact) mass is 383 g/mol. The summed E-state index contributed by atoms with van der Waals surface area (Å²) < 4.78 is 52.5. The number of carbonyl (C=O) groups excluding carboxylic acids is 2. The molecule has 0 saturated heterocycles. The SMILES string of the molecule is CCOc1cc(C(=O)OCC(=O)Nc2ccccc2F)ccc1OC(F)F. The molecule has 27 heavy (non-hydrogen) atoms. The van der Waals surface area contributed by atoms with Crippen LogP contribution in [0.15, 0.2) is 42.5 Å². The third kappa shape index (κ3) is 5.91. The summed E-state index contributed by atoms with van der Waals surface area (Å²) in [6, 6.07) is 9.00. The summed E-state index contributed by atoms with van der Waals surface area (Å²) in [5.41, 5.74) is -0.0792. The highest BCUT2D eigenvalue weighted by atomic mass is 19.3. The van der Waals surface area contributed by atoms with Gasteiger partial charge in [-0.2, -0.15) is 8.78 Å². The molecular formula is C18H16F3NO5. The first-order valence-corrected chi connectivity index (χ1v) is 7.84. The summed E-state index contributed by atoms with van der Waals surface area (Å²) in [7, 11) is 0. The molecule has 2 aromatic carbocycles. The first-order valence-electron chi connectivity index (χ1n) is 7.84. The molecule has 1 N–H and O–H groups in total. The quantitative estimate of drug-likeness (QED) is 0.705. The van der Waals surface area contributed by atoms with Crippen molar-refractivity contribution in [2.24, 2.45) is 0 Å². The molecule has 0 aliphatic heterocycles. The standard InChI is InChI=1S/C18H16F3NO5/c1-2-25-15-9-11(7-8-14(15)27-18(20)21)17(24)26-10-16(23)22-13-6-4-3-5-12(13)19/h3-9,18H,2,10H2,1H3,(H,22,23). The molecule has 0 spiro atoms.